The van der Waals surface area contributed by atoms with Crippen molar-refractivity contribution in [2.45, 2.75) is 289 Å². The highest BCUT2D eigenvalue weighted by Gasteiger charge is 2.50. The average molecular weight is 951 g/mol. The molecule has 3 N–H and O–H groups in total. The summed E-state index contributed by atoms with van der Waals surface area (Å²) < 4.78 is 28.3. The average Bonchev–Trinajstić information content (AvgIpc) is 3.31. The number of esters is 3. The first-order valence-electron chi connectivity index (χ1n) is 27.3. The fourth-order valence-electron chi connectivity index (χ4n) is 8.23. The van der Waals surface area contributed by atoms with Crippen LogP contribution in [0.1, 0.15) is 252 Å². The van der Waals surface area contributed by atoms with Crippen molar-refractivity contribution in [1.82, 2.24) is 0 Å². The molecule has 1 saturated heterocycles. The number of allylic oxidation sites excluding steroid dienone is 4. The van der Waals surface area contributed by atoms with Crippen molar-refractivity contribution in [3.8, 4) is 0 Å². The van der Waals surface area contributed by atoms with Crippen LogP contribution in [0.15, 0.2) is 24.3 Å². The number of carbonyl (C=O) groups excluding carboxylic acids is 3. The molecule has 0 aromatic carbocycles. The summed E-state index contributed by atoms with van der Waals surface area (Å²) in [5, 5.41) is 31.3. The van der Waals surface area contributed by atoms with Gasteiger partial charge in [0.2, 0.25) is 0 Å². The molecule has 0 radical (unpaired) electrons. The minimum Gasteiger partial charge on any atom is -0.479 e. The molecule has 1 aliphatic heterocycles. The highest BCUT2D eigenvalue weighted by atomic mass is 16.7. The molecule has 1 heterocycles. The van der Waals surface area contributed by atoms with E-state index in [-0.39, 0.29) is 25.9 Å². The lowest BCUT2D eigenvalue weighted by atomic mass is 9.98. The van der Waals surface area contributed by atoms with Crippen LogP contribution < -0.4 is 0 Å². The third-order valence-electron chi connectivity index (χ3n) is 12.5. The molecule has 0 aromatic rings. The second-order valence-corrected chi connectivity index (χ2v) is 18.9. The maximum atomic E-state index is 13.1. The van der Waals surface area contributed by atoms with Gasteiger partial charge in [-0.3, -0.25) is 14.4 Å². The summed E-state index contributed by atoms with van der Waals surface area (Å²) in [7, 11) is 0. The molecule has 12 nitrogen and oxygen atoms in total. The summed E-state index contributed by atoms with van der Waals surface area (Å²) in [4.78, 5) is 50.8. The van der Waals surface area contributed by atoms with Gasteiger partial charge < -0.3 is 39.0 Å². The number of aliphatic hydroxyl groups is 2. The van der Waals surface area contributed by atoms with Gasteiger partial charge in [0.05, 0.1) is 6.61 Å². The Morgan fingerprint density at radius 2 is 0.866 bits per heavy atom. The van der Waals surface area contributed by atoms with Gasteiger partial charge in [-0.25, -0.2) is 4.79 Å². The van der Waals surface area contributed by atoms with Gasteiger partial charge in [-0.05, 0) is 64.2 Å². The van der Waals surface area contributed by atoms with Gasteiger partial charge in [0, 0.05) is 19.3 Å². The Kier molecular flexibility index (Phi) is 41.2. The summed E-state index contributed by atoms with van der Waals surface area (Å²) in [6, 6.07) is 0. The van der Waals surface area contributed by atoms with Gasteiger partial charge in [0.15, 0.2) is 24.6 Å². The molecule has 0 aromatic heterocycles. The number of ether oxygens (including phenoxy) is 5. The number of carboxylic acids is 1. The van der Waals surface area contributed by atoms with E-state index in [2.05, 4.69) is 45.1 Å². The van der Waals surface area contributed by atoms with Crippen LogP contribution in [-0.2, 0) is 42.9 Å². The Hall–Kier alpha value is -2.80. The molecule has 0 aliphatic carbocycles. The minimum absolute atomic E-state index is 0.0528. The molecule has 0 spiro atoms. The van der Waals surface area contributed by atoms with Crippen LogP contribution in [-0.4, -0.2) is 89.2 Å². The second-order valence-electron chi connectivity index (χ2n) is 18.9. The number of hydrogen-bond donors (Lipinski definition) is 3. The number of carboxylic acid groups (broad SMARTS) is 1. The Balaban J connectivity index is 2.71. The van der Waals surface area contributed by atoms with E-state index >= 15 is 0 Å². The smallest absolute Gasteiger partial charge is 0.335 e. The number of hydrogen-bond acceptors (Lipinski definition) is 11. The first kappa shape index (κ1) is 62.2. The zero-order chi connectivity index (χ0) is 49.0. The van der Waals surface area contributed by atoms with Crippen molar-refractivity contribution in [2.75, 3.05) is 13.2 Å². The molecule has 6 atom stereocenters. The number of unbranched alkanes of at least 4 members (excludes halogenated alkanes) is 28. The molecule has 390 valence electrons. The molecule has 1 aliphatic rings. The molecule has 6 unspecified atom stereocenters. The zero-order valence-electron chi connectivity index (χ0n) is 42.7. The lowest BCUT2D eigenvalue weighted by Crippen LogP contribution is -2.61. The normalized spacial score (nSPS) is 19.0. The van der Waals surface area contributed by atoms with Gasteiger partial charge in [0.25, 0.3) is 0 Å². The molecule has 0 bridgehead atoms. The van der Waals surface area contributed by atoms with E-state index in [0.717, 1.165) is 96.3 Å². The fraction of sp³-hybridized carbons (Fsp3) is 0.855. The third-order valence-corrected chi connectivity index (χ3v) is 12.5. The molecular formula is C55H98O12. The van der Waals surface area contributed by atoms with Gasteiger partial charge in [-0.2, -0.15) is 0 Å². The van der Waals surface area contributed by atoms with E-state index in [4.69, 9.17) is 23.7 Å². The zero-order valence-corrected chi connectivity index (χ0v) is 42.7. The highest BCUT2D eigenvalue weighted by Crippen LogP contribution is 2.26. The Morgan fingerprint density at radius 3 is 1.31 bits per heavy atom. The predicted molar refractivity (Wildman–Crippen MR) is 266 cm³/mol. The van der Waals surface area contributed by atoms with E-state index in [1.165, 1.54) is 96.3 Å². The number of rotatable bonds is 46. The lowest BCUT2D eigenvalue weighted by molar-refractivity contribution is -0.301. The number of carbonyl (C=O) groups is 4. The molecule has 1 fully saturated rings. The molecule has 0 amide bonds. The first-order valence-corrected chi connectivity index (χ1v) is 27.3. The molecule has 67 heavy (non-hydrogen) atoms. The maximum Gasteiger partial charge on any atom is 0.335 e. The van der Waals surface area contributed by atoms with Crippen molar-refractivity contribution in [3.05, 3.63) is 24.3 Å². The van der Waals surface area contributed by atoms with E-state index in [1.807, 2.05) is 0 Å². The summed E-state index contributed by atoms with van der Waals surface area (Å²) in [6.07, 6.45) is 36.0. The summed E-state index contributed by atoms with van der Waals surface area (Å²) >= 11 is 0. The molecular weight excluding hydrogens is 853 g/mol. The SMILES string of the molecule is CCCC/C=C\CCCCCCCC(=O)OC1C(OCC(COC(=O)CCCCCCC/C=C\CCCCCCCC)OC(=O)CCCCCCCCCCCCC)OC(C(=O)O)C(O)C1O. The van der Waals surface area contributed by atoms with Gasteiger partial charge in [0.1, 0.15) is 18.8 Å². The maximum absolute atomic E-state index is 13.1. The molecule has 0 saturated carbocycles. The van der Waals surface area contributed by atoms with Crippen molar-refractivity contribution in [2.24, 2.45) is 0 Å². The standard InChI is InChI=1S/C55H98O12/c1-4-7-10-13-16-19-22-23-24-25-28-29-32-35-38-41-47(56)63-44-46(65-48(57)42-39-36-33-30-26-20-17-14-11-8-5-2)45-64-55-53(51(60)50(59)52(67-55)54(61)62)66-49(58)43-40-37-34-31-27-21-18-15-12-9-6-3/h15,18,23-24,46,50-53,55,59-60H,4-14,16-17,19-22,25-45H2,1-3H3,(H,61,62)/b18-15-,24-23-. The van der Waals surface area contributed by atoms with Crippen LogP contribution in [0.4, 0.5) is 0 Å². The summed E-state index contributed by atoms with van der Waals surface area (Å²) in [5.41, 5.74) is 0. The van der Waals surface area contributed by atoms with Crippen LogP contribution in [0.5, 0.6) is 0 Å². The summed E-state index contributed by atoms with van der Waals surface area (Å²) in [5.74, 6) is -3.12. The third kappa shape index (κ3) is 35.0. The largest absolute Gasteiger partial charge is 0.479 e. The van der Waals surface area contributed by atoms with Gasteiger partial charge >= 0.3 is 23.9 Å². The van der Waals surface area contributed by atoms with Crippen molar-refractivity contribution >= 4 is 23.9 Å². The second kappa shape index (κ2) is 44.4. The van der Waals surface area contributed by atoms with Crippen LogP contribution in [0.2, 0.25) is 0 Å². The van der Waals surface area contributed by atoms with E-state index in [0.29, 0.717) is 19.3 Å². The highest BCUT2D eigenvalue weighted by molar-refractivity contribution is 5.74. The van der Waals surface area contributed by atoms with E-state index in [1.54, 1.807) is 0 Å². The van der Waals surface area contributed by atoms with Crippen molar-refractivity contribution < 1.29 is 58.2 Å². The van der Waals surface area contributed by atoms with Gasteiger partial charge in [-0.1, -0.05) is 193 Å². The van der Waals surface area contributed by atoms with E-state index in [9.17, 15) is 34.5 Å². The fourth-order valence-corrected chi connectivity index (χ4v) is 8.23. The van der Waals surface area contributed by atoms with Crippen LogP contribution >= 0.6 is 0 Å². The van der Waals surface area contributed by atoms with Gasteiger partial charge in [-0.15, -0.1) is 0 Å². The van der Waals surface area contributed by atoms with Crippen molar-refractivity contribution in [3.63, 3.8) is 0 Å². The molecule has 1 rings (SSSR count). The Morgan fingerprint density at radius 1 is 0.478 bits per heavy atom. The Labute approximate surface area is 407 Å². The lowest BCUT2D eigenvalue weighted by Gasteiger charge is -2.40. The first-order chi connectivity index (χ1) is 32.6. The Bertz CT molecular complexity index is 1270. The molecule has 12 heteroatoms. The minimum atomic E-state index is -1.90. The van der Waals surface area contributed by atoms with Crippen LogP contribution in [0.25, 0.3) is 0 Å². The number of aliphatic hydroxyl groups excluding tert-OH is 2. The monoisotopic (exact) mass is 951 g/mol. The van der Waals surface area contributed by atoms with Crippen molar-refractivity contribution in [1.29, 1.82) is 0 Å². The summed E-state index contributed by atoms with van der Waals surface area (Å²) in [6.45, 7) is 5.92. The quantitative estimate of drug-likeness (QED) is 0.0228. The van der Waals surface area contributed by atoms with E-state index < -0.39 is 67.3 Å². The predicted octanol–water partition coefficient (Wildman–Crippen LogP) is 13.1. The van der Waals surface area contributed by atoms with Crippen LogP contribution in [0, 0.1) is 0 Å². The number of aliphatic carboxylic acids is 1. The topological polar surface area (TPSA) is 175 Å². The van der Waals surface area contributed by atoms with Crippen LogP contribution in [0.3, 0.4) is 0 Å².